The van der Waals surface area contributed by atoms with Crippen molar-refractivity contribution in [3.8, 4) is 11.5 Å². The van der Waals surface area contributed by atoms with Crippen LogP contribution in [0.1, 0.15) is 33.1 Å². The minimum absolute atomic E-state index is 0.0169. The van der Waals surface area contributed by atoms with E-state index >= 15 is 0 Å². The van der Waals surface area contributed by atoms with Crippen molar-refractivity contribution in [3.63, 3.8) is 0 Å². The molecule has 23 heavy (non-hydrogen) atoms. The summed E-state index contributed by atoms with van der Waals surface area (Å²) in [5, 5.41) is 2.83. The van der Waals surface area contributed by atoms with Crippen LogP contribution in [0, 0.1) is 0 Å². The molecule has 0 heterocycles. The van der Waals surface area contributed by atoms with Crippen molar-refractivity contribution in [2.45, 2.75) is 33.1 Å². The number of anilines is 1. The second-order valence-electron chi connectivity index (χ2n) is 5.20. The summed E-state index contributed by atoms with van der Waals surface area (Å²) >= 11 is 0. The van der Waals surface area contributed by atoms with Gasteiger partial charge in [-0.2, -0.15) is 0 Å². The zero-order valence-corrected chi connectivity index (χ0v) is 14.3. The summed E-state index contributed by atoms with van der Waals surface area (Å²) in [5.41, 5.74) is 0.596. The van der Waals surface area contributed by atoms with Gasteiger partial charge >= 0.3 is 0 Å². The number of amides is 2. The van der Waals surface area contributed by atoms with E-state index in [1.807, 2.05) is 0 Å². The summed E-state index contributed by atoms with van der Waals surface area (Å²) in [7, 11) is 3.07. The largest absolute Gasteiger partial charge is 0.493 e. The molecule has 0 radical (unpaired) electrons. The molecule has 1 aromatic rings. The molecule has 0 fully saturated rings. The number of rotatable bonds is 9. The number of hydrogen-bond acceptors (Lipinski definition) is 4. The molecule has 0 saturated carbocycles. The van der Waals surface area contributed by atoms with Gasteiger partial charge in [0.1, 0.15) is 6.54 Å². The molecule has 1 aromatic carbocycles. The molecule has 0 saturated heterocycles. The molecule has 0 aliphatic heterocycles. The molecular weight excluding hydrogens is 296 g/mol. The van der Waals surface area contributed by atoms with Gasteiger partial charge in [0, 0.05) is 25.2 Å². The number of ether oxygens (including phenoxy) is 2. The summed E-state index contributed by atoms with van der Waals surface area (Å²) in [6.07, 6.45) is 3.12. The highest BCUT2D eigenvalue weighted by atomic mass is 16.5. The van der Waals surface area contributed by atoms with Gasteiger partial charge in [-0.3, -0.25) is 9.59 Å². The first-order valence-electron chi connectivity index (χ1n) is 7.80. The molecule has 6 heteroatoms. The zero-order chi connectivity index (χ0) is 17.2. The van der Waals surface area contributed by atoms with E-state index in [4.69, 9.17) is 9.47 Å². The first-order valence-corrected chi connectivity index (χ1v) is 7.80. The summed E-state index contributed by atoms with van der Waals surface area (Å²) in [4.78, 5) is 25.3. The van der Waals surface area contributed by atoms with Crippen molar-refractivity contribution in [3.05, 3.63) is 18.2 Å². The van der Waals surface area contributed by atoms with Crippen LogP contribution >= 0.6 is 0 Å². The Morgan fingerprint density at radius 2 is 1.83 bits per heavy atom. The van der Waals surface area contributed by atoms with Gasteiger partial charge in [0.05, 0.1) is 14.2 Å². The third-order valence-corrected chi connectivity index (χ3v) is 3.46. The summed E-state index contributed by atoms with van der Waals surface area (Å²) in [6, 6.07) is 5.13. The van der Waals surface area contributed by atoms with Gasteiger partial charge in [-0.15, -0.1) is 0 Å². The van der Waals surface area contributed by atoms with Crippen molar-refractivity contribution in [2.24, 2.45) is 0 Å². The molecule has 128 valence electrons. The molecule has 1 N–H and O–H groups in total. The standard InChI is InChI=1S/C17H26N2O4/c1-5-6-7-10-18-17(21)12-19(13(2)20)14-8-9-15(22-3)16(11-14)23-4/h8-9,11H,5-7,10,12H2,1-4H3,(H,18,21). The van der Waals surface area contributed by atoms with Crippen molar-refractivity contribution >= 4 is 17.5 Å². The van der Waals surface area contributed by atoms with Crippen LogP contribution < -0.4 is 19.7 Å². The fourth-order valence-electron chi connectivity index (χ4n) is 2.18. The Hall–Kier alpha value is -2.24. The number of nitrogens with zero attached hydrogens (tertiary/aromatic N) is 1. The lowest BCUT2D eigenvalue weighted by molar-refractivity contribution is -0.123. The molecule has 1 rings (SSSR count). The van der Waals surface area contributed by atoms with Crippen LogP contribution in [0.5, 0.6) is 11.5 Å². The second kappa shape index (κ2) is 9.71. The van der Waals surface area contributed by atoms with Gasteiger partial charge in [0.15, 0.2) is 11.5 Å². The predicted molar refractivity (Wildman–Crippen MR) is 90.1 cm³/mol. The lowest BCUT2D eigenvalue weighted by atomic mass is 10.2. The molecule has 0 bridgehead atoms. The highest BCUT2D eigenvalue weighted by molar-refractivity contribution is 5.97. The molecule has 0 aliphatic rings. The third kappa shape index (κ3) is 5.81. The van der Waals surface area contributed by atoms with Crippen LogP contribution in [0.25, 0.3) is 0 Å². The molecule has 6 nitrogen and oxygen atoms in total. The minimum atomic E-state index is -0.207. The Kier molecular flexibility index (Phi) is 7.94. The van der Waals surface area contributed by atoms with Gasteiger partial charge in [-0.05, 0) is 18.6 Å². The summed E-state index contributed by atoms with van der Waals surface area (Å²) in [5.74, 6) is 0.704. The van der Waals surface area contributed by atoms with Crippen LogP contribution in [0.15, 0.2) is 18.2 Å². The monoisotopic (exact) mass is 322 g/mol. The van der Waals surface area contributed by atoms with E-state index in [-0.39, 0.29) is 18.4 Å². The van der Waals surface area contributed by atoms with E-state index in [9.17, 15) is 9.59 Å². The maximum absolute atomic E-state index is 12.0. The summed E-state index contributed by atoms with van der Waals surface area (Å²) < 4.78 is 10.4. The molecule has 0 aliphatic carbocycles. The van der Waals surface area contributed by atoms with Crippen molar-refractivity contribution in [1.82, 2.24) is 5.32 Å². The number of hydrogen-bond donors (Lipinski definition) is 1. The van der Waals surface area contributed by atoms with Crippen LogP contribution in [0.2, 0.25) is 0 Å². The number of carbonyl (C=O) groups excluding carboxylic acids is 2. The van der Waals surface area contributed by atoms with E-state index in [0.29, 0.717) is 23.7 Å². The van der Waals surface area contributed by atoms with Gasteiger partial charge in [0.2, 0.25) is 11.8 Å². The first kappa shape index (κ1) is 18.8. The average molecular weight is 322 g/mol. The normalized spacial score (nSPS) is 10.1. The van der Waals surface area contributed by atoms with E-state index in [1.54, 1.807) is 25.3 Å². The Balaban J connectivity index is 2.78. The molecule has 0 atom stereocenters. The second-order valence-corrected chi connectivity index (χ2v) is 5.20. The van der Waals surface area contributed by atoms with E-state index in [0.717, 1.165) is 19.3 Å². The predicted octanol–water partition coefficient (Wildman–Crippen LogP) is 2.36. The quantitative estimate of drug-likeness (QED) is 0.709. The molecule has 0 aromatic heterocycles. The van der Waals surface area contributed by atoms with Crippen LogP contribution in [-0.4, -0.2) is 39.1 Å². The van der Waals surface area contributed by atoms with E-state index in [1.165, 1.54) is 18.9 Å². The minimum Gasteiger partial charge on any atom is -0.493 e. The van der Waals surface area contributed by atoms with Crippen LogP contribution in [-0.2, 0) is 9.59 Å². The van der Waals surface area contributed by atoms with Crippen molar-refractivity contribution in [1.29, 1.82) is 0 Å². The SMILES string of the molecule is CCCCCNC(=O)CN(C(C)=O)c1ccc(OC)c(OC)c1. The topological polar surface area (TPSA) is 67.9 Å². The number of methoxy groups -OCH3 is 2. The highest BCUT2D eigenvalue weighted by Crippen LogP contribution is 2.31. The van der Waals surface area contributed by atoms with Gasteiger partial charge < -0.3 is 19.7 Å². The average Bonchev–Trinajstić information content (AvgIpc) is 2.55. The molecule has 0 spiro atoms. The number of benzene rings is 1. The Bertz CT molecular complexity index is 531. The van der Waals surface area contributed by atoms with Crippen molar-refractivity contribution < 1.29 is 19.1 Å². The maximum Gasteiger partial charge on any atom is 0.240 e. The molecular formula is C17H26N2O4. The number of nitrogens with one attached hydrogen (secondary N) is 1. The fraction of sp³-hybridized carbons (Fsp3) is 0.529. The van der Waals surface area contributed by atoms with Crippen LogP contribution in [0.3, 0.4) is 0 Å². The van der Waals surface area contributed by atoms with E-state index in [2.05, 4.69) is 12.2 Å². The number of carbonyl (C=O) groups is 2. The summed E-state index contributed by atoms with van der Waals surface area (Å²) in [6.45, 7) is 4.15. The maximum atomic E-state index is 12.0. The Morgan fingerprint density at radius 1 is 1.13 bits per heavy atom. The lowest BCUT2D eigenvalue weighted by Gasteiger charge is -2.22. The Labute approximate surface area is 137 Å². The highest BCUT2D eigenvalue weighted by Gasteiger charge is 2.17. The first-order chi connectivity index (χ1) is 11.0. The smallest absolute Gasteiger partial charge is 0.240 e. The number of unbranched alkanes of at least 4 members (excludes halogenated alkanes) is 2. The third-order valence-electron chi connectivity index (χ3n) is 3.46. The van der Waals surface area contributed by atoms with Crippen molar-refractivity contribution in [2.75, 3.05) is 32.2 Å². The Morgan fingerprint density at radius 3 is 2.39 bits per heavy atom. The zero-order valence-electron chi connectivity index (χ0n) is 14.3. The van der Waals surface area contributed by atoms with E-state index < -0.39 is 0 Å². The molecule has 0 unspecified atom stereocenters. The fourth-order valence-corrected chi connectivity index (χ4v) is 2.18. The van der Waals surface area contributed by atoms with Gasteiger partial charge in [-0.25, -0.2) is 0 Å². The van der Waals surface area contributed by atoms with Gasteiger partial charge in [0.25, 0.3) is 0 Å². The van der Waals surface area contributed by atoms with Crippen LogP contribution in [0.4, 0.5) is 5.69 Å². The lowest BCUT2D eigenvalue weighted by Crippen LogP contribution is -2.40. The molecule has 2 amide bonds. The van der Waals surface area contributed by atoms with Gasteiger partial charge in [-0.1, -0.05) is 19.8 Å².